The highest BCUT2D eigenvalue weighted by Crippen LogP contribution is 2.28. The summed E-state index contributed by atoms with van der Waals surface area (Å²) in [4.78, 5) is 0. The normalized spacial score (nSPS) is 12.2. The fourth-order valence-corrected chi connectivity index (χ4v) is 2.15. The van der Waals surface area contributed by atoms with Crippen LogP contribution in [0.3, 0.4) is 0 Å². The maximum absolute atomic E-state index is 13.1. The minimum Gasteiger partial charge on any atom is -0.497 e. The summed E-state index contributed by atoms with van der Waals surface area (Å²) < 4.78 is 44.2. The van der Waals surface area contributed by atoms with E-state index in [0.717, 1.165) is 17.7 Å². The zero-order chi connectivity index (χ0) is 14.7. The molecule has 0 bridgehead atoms. The SMILES string of the molecule is COc1ccc(CC(Cl)c2cc(F)c(F)c(F)c2)cc1. The van der Waals surface area contributed by atoms with Gasteiger partial charge in [-0.2, -0.15) is 0 Å². The largest absolute Gasteiger partial charge is 0.497 e. The fraction of sp³-hybridized carbons (Fsp3) is 0.200. The molecular weight excluding hydrogens is 289 g/mol. The Hall–Kier alpha value is -1.68. The van der Waals surface area contributed by atoms with Crippen LogP contribution in [0.5, 0.6) is 5.75 Å². The number of methoxy groups -OCH3 is 1. The Labute approximate surface area is 119 Å². The third kappa shape index (κ3) is 3.25. The van der Waals surface area contributed by atoms with Gasteiger partial charge in [0.25, 0.3) is 0 Å². The lowest BCUT2D eigenvalue weighted by Gasteiger charge is -2.11. The molecule has 0 saturated carbocycles. The van der Waals surface area contributed by atoms with Crippen LogP contribution in [0.2, 0.25) is 0 Å². The van der Waals surface area contributed by atoms with Crippen molar-refractivity contribution in [1.82, 2.24) is 0 Å². The maximum Gasteiger partial charge on any atom is 0.194 e. The van der Waals surface area contributed by atoms with E-state index in [9.17, 15) is 13.2 Å². The molecule has 0 radical (unpaired) electrons. The van der Waals surface area contributed by atoms with Crippen molar-refractivity contribution in [3.05, 3.63) is 65.0 Å². The predicted octanol–water partition coefficient (Wildman–Crippen LogP) is 4.64. The number of hydrogen-bond acceptors (Lipinski definition) is 1. The first-order valence-electron chi connectivity index (χ1n) is 5.92. The quantitative estimate of drug-likeness (QED) is 0.590. The van der Waals surface area contributed by atoms with E-state index in [1.165, 1.54) is 0 Å². The average molecular weight is 301 g/mol. The van der Waals surface area contributed by atoms with E-state index in [-0.39, 0.29) is 5.56 Å². The summed E-state index contributed by atoms with van der Waals surface area (Å²) in [5, 5.41) is -0.645. The van der Waals surface area contributed by atoms with Gasteiger partial charge in [0.05, 0.1) is 12.5 Å². The predicted molar refractivity (Wildman–Crippen MR) is 71.6 cm³/mol. The first-order valence-corrected chi connectivity index (χ1v) is 6.36. The van der Waals surface area contributed by atoms with Gasteiger partial charge in [0.1, 0.15) is 5.75 Å². The molecule has 0 amide bonds. The molecule has 0 N–H and O–H groups in total. The smallest absolute Gasteiger partial charge is 0.194 e. The lowest BCUT2D eigenvalue weighted by molar-refractivity contribution is 0.414. The van der Waals surface area contributed by atoms with Crippen molar-refractivity contribution in [3.63, 3.8) is 0 Å². The molecule has 106 valence electrons. The van der Waals surface area contributed by atoms with Gasteiger partial charge in [0.15, 0.2) is 17.5 Å². The topological polar surface area (TPSA) is 9.23 Å². The van der Waals surface area contributed by atoms with Crippen molar-refractivity contribution >= 4 is 11.6 Å². The van der Waals surface area contributed by atoms with Crippen molar-refractivity contribution in [3.8, 4) is 5.75 Å². The van der Waals surface area contributed by atoms with Gasteiger partial charge in [-0.05, 0) is 41.8 Å². The van der Waals surface area contributed by atoms with Crippen molar-refractivity contribution < 1.29 is 17.9 Å². The summed E-state index contributed by atoms with van der Waals surface area (Å²) in [6.45, 7) is 0. The molecule has 0 aliphatic carbocycles. The van der Waals surface area contributed by atoms with Gasteiger partial charge in [0, 0.05) is 0 Å². The third-order valence-corrected chi connectivity index (χ3v) is 3.35. The monoisotopic (exact) mass is 300 g/mol. The zero-order valence-electron chi connectivity index (χ0n) is 10.7. The second-order valence-corrected chi connectivity index (χ2v) is 4.85. The van der Waals surface area contributed by atoms with Gasteiger partial charge in [-0.3, -0.25) is 0 Å². The van der Waals surface area contributed by atoms with Gasteiger partial charge in [-0.25, -0.2) is 13.2 Å². The van der Waals surface area contributed by atoms with Crippen molar-refractivity contribution in [2.24, 2.45) is 0 Å². The first-order chi connectivity index (χ1) is 9.51. The molecule has 2 aromatic rings. The van der Waals surface area contributed by atoms with Crippen molar-refractivity contribution in [2.75, 3.05) is 7.11 Å². The van der Waals surface area contributed by atoms with Crippen LogP contribution in [0.15, 0.2) is 36.4 Å². The lowest BCUT2D eigenvalue weighted by Crippen LogP contribution is -2.00. The summed E-state index contributed by atoms with van der Waals surface area (Å²) >= 11 is 6.12. The molecule has 20 heavy (non-hydrogen) atoms. The molecule has 0 aliphatic heterocycles. The molecule has 2 rings (SSSR count). The summed E-state index contributed by atoms with van der Waals surface area (Å²) in [5.74, 6) is -3.25. The lowest BCUT2D eigenvalue weighted by atomic mass is 10.0. The molecule has 0 aromatic heterocycles. The summed E-state index contributed by atoms with van der Waals surface area (Å²) in [6, 6.07) is 8.99. The van der Waals surface area contributed by atoms with Crippen LogP contribution < -0.4 is 4.74 Å². The number of rotatable bonds is 4. The Kier molecular flexibility index (Phi) is 4.55. The van der Waals surface area contributed by atoms with Gasteiger partial charge >= 0.3 is 0 Å². The maximum atomic E-state index is 13.1. The standard InChI is InChI=1S/C15H12ClF3O/c1-20-11-4-2-9(3-5-11)6-12(16)10-7-13(17)15(19)14(18)8-10/h2-5,7-8,12H,6H2,1H3. The molecule has 0 spiro atoms. The highest BCUT2D eigenvalue weighted by molar-refractivity contribution is 6.20. The second-order valence-electron chi connectivity index (χ2n) is 4.32. The molecule has 5 heteroatoms. The minimum absolute atomic E-state index is 0.207. The summed E-state index contributed by atoms with van der Waals surface area (Å²) in [7, 11) is 1.56. The van der Waals surface area contributed by atoms with Crippen LogP contribution in [0.25, 0.3) is 0 Å². The first kappa shape index (κ1) is 14.7. The molecule has 1 unspecified atom stereocenters. The highest BCUT2D eigenvalue weighted by Gasteiger charge is 2.16. The number of benzene rings is 2. The Morgan fingerprint density at radius 1 is 1.05 bits per heavy atom. The summed E-state index contributed by atoms with van der Waals surface area (Å²) in [5.41, 5.74) is 1.09. The molecule has 0 saturated heterocycles. The minimum atomic E-state index is -1.48. The average Bonchev–Trinajstić information content (AvgIpc) is 2.45. The van der Waals surface area contributed by atoms with Crippen LogP contribution in [-0.4, -0.2) is 7.11 Å². The fourth-order valence-electron chi connectivity index (χ4n) is 1.84. The van der Waals surface area contributed by atoms with Crippen LogP contribution in [0.1, 0.15) is 16.5 Å². The van der Waals surface area contributed by atoms with Gasteiger partial charge < -0.3 is 4.74 Å². The molecule has 1 nitrogen and oxygen atoms in total. The zero-order valence-corrected chi connectivity index (χ0v) is 11.4. The van der Waals surface area contributed by atoms with Crippen LogP contribution in [0, 0.1) is 17.5 Å². The van der Waals surface area contributed by atoms with Crippen molar-refractivity contribution in [1.29, 1.82) is 0 Å². The molecule has 2 aromatic carbocycles. The Morgan fingerprint density at radius 2 is 1.60 bits per heavy atom. The number of alkyl halides is 1. The van der Waals surface area contributed by atoms with E-state index in [4.69, 9.17) is 16.3 Å². The van der Waals surface area contributed by atoms with Gasteiger partial charge in [-0.15, -0.1) is 11.6 Å². The highest BCUT2D eigenvalue weighted by atomic mass is 35.5. The van der Waals surface area contributed by atoms with E-state index >= 15 is 0 Å². The number of ether oxygens (including phenoxy) is 1. The Morgan fingerprint density at radius 3 is 2.10 bits per heavy atom. The Balaban J connectivity index is 2.16. The second kappa shape index (κ2) is 6.18. The van der Waals surface area contributed by atoms with E-state index in [2.05, 4.69) is 0 Å². The third-order valence-electron chi connectivity index (χ3n) is 2.94. The van der Waals surface area contributed by atoms with Crippen molar-refractivity contribution in [2.45, 2.75) is 11.8 Å². The number of hydrogen-bond donors (Lipinski definition) is 0. The van der Waals surface area contributed by atoms with E-state index in [1.54, 1.807) is 19.2 Å². The molecule has 0 heterocycles. The van der Waals surface area contributed by atoms with Gasteiger partial charge in [0.2, 0.25) is 0 Å². The molecule has 0 fully saturated rings. The van der Waals surface area contributed by atoms with E-state index in [1.807, 2.05) is 12.1 Å². The van der Waals surface area contributed by atoms with Gasteiger partial charge in [-0.1, -0.05) is 12.1 Å². The Bertz CT molecular complexity index is 576. The molecule has 1 atom stereocenters. The van der Waals surface area contributed by atoms with E-state index in [0.29, 0.717) is 12.2 Å². The molecular formula is C15H12ClF3O. The molecule has 0 aliphatic rings. The van der Waals surface area contributed by atoms with Crippen LogP contribution in [-0.2, 0) is 6.42 Å². The number of halogens is 4. The van der Waals surface area contributed by atoms with Crippen LogP contribution in [0.4, 0.5) is 13.2 Å². The van der Waals surface area contributed by atoms with Crippen LogP contribution >= 0.6 is 11.6 Å². The van der Waals surface area contributed by atoms with E-state index < -0.39 is 22.8 Å². The summed E-state index contributed by atoms with van der Waals surface area (Å²) in [6.07, 6.45) is 0.371.